The molecule has 144 valence electrons. The highest BCUT2D eigenvalue weighted by Gasteiger charge is 2.10. The maximum atomic E-state index is 12.3. The summed E-state index contributed by atoms with van der Waals surface area (Å²) in [7, 11) is 3.14. The Hall–Kier alpha value is -3.32. The molecular formula is C20H19ClN4O3. The first-order valence-electron chi connectivity index (χ1n) is 8.43. The summed E-state index contributed by atoms with van der Waals surface area (Å²) in [4.78, 5) is 20.7. The minimum absolute atomic E-state index is 0.216. The topological polar surface area (TPSA) is 85.4 Å². The van der Waals surface area contributed by atoms with Crippen LogP contribution >= 0.6 is 11.6 Å². The second-order valence-electron chi connectivity index (χ2n) is 5.76. The van der Waals surface area contributed by atoms with E-state index in [0.29, 0.717) is 28.9 Å². The number of amides is 1. The van der Waals surface area contributed by atoms with Gasteiger partial charge in [-0.05, 0) is 24.3 Å². The first-order chi connectivity index (χ1) is 13.6. The van der Waals surface area contributed by atoms with Crippen LogP contribution in [0.15, 0.2) is 54.9 Å². The molecule has 1 heterocycles. The van der Waals surface area contributed by atoms with Gasteiger partial charge < -0.3 is 20.1 Å². The Morgan fingerprint density at radius 2 is 1.82 bits per heavy atom. The lowest BCUT2D eigenvalue weighted by Gasteiger charge is -2.10. The average molecular weight is 399 g/mol. The normalized spacial score (nSPS) is 10.2. The number of aromatic nitrogens is 2. The zero-order valence-electron chi connectivity index (χ0n) is 15.4. The van der Waals surface area contributed by atoms with Crippen molar-refractivity contribution < 1.29 is 14.3 Å². The molecule has 0 radical (unpaired) electrons. The summed E-state index contributed by atoms with van der Waals surface area (Å²) in [6.45, 7) is 0.328. The number of nitrogens with one attached hydrogen (secondary N) is 2. The van der Waals surface area contributed by atoms with Gasteiger partial charge in [-0.2, -0.15) is 0 Å². The number of benzene rings is 2. The van der Waals surface area contributed by atoms with Crippen molar-refractivity contribution in [2.24, 2.45) is 0 Å². The van der Waals surface area contributed by atoms with Crippen molar-refractivity contribution in [1.29, 1.82) is 0 Å². The van der Waals surface area contributed by atoms with Crippen LogP contribution in [-0.4, -0.2) is 30.1 Å². The number of carbonyl (C=O) groups is 1. The van der Waals surface area contributed by atoms with E-state index in [1.54, 1.807) is 32.4 Å². The molecule has 3 aromatic rings. The summed E-state index contributed by atoms with van der Waals surface area (Å²) in [6.07, 6.45) is 2.89. The van der Waals surface area contributed by atoms with Gasteiger partial charge in [0.05, 0.1) is 31.6 Å². The van der Waals surface area contributed by atoms with E-state index in [0.717, 1.165) is 11.3 Å². The van der Waals surface area contributed by atoms with E-state index in [9.17, 15) is 4.79 Å². The molecule has 0 saturated carbocycles. The Morgan fingerprint density at radius 3 is 2.50 bits per heavy atom. The Kier molecular flexibility index (Phi) is 6.29. The molecular weight excluding hydrogens is 380 g/mol. The highest BCUT2D eigenvalue weighted by molar-refractivity contribution is 6.32. The number of methoxy groups -OCH3 is 2. The van der Waals surface area contributed by atoms with Crippen molar-refractivity contribution in [3.05, 3.63) is 71.1 Å². The Balaban J connectivity index is 1.62. The highest BCUT2D eigenvalue weighted by atomic mass is 35.5. The van der Waals surface area contributed by atoms with Crippen LogP contribution in [-0.2, 0) is 6.54 Å². The number of hydrogen-bond donors (Lipinski definition) is 2. The standard InChI is InChI=1S/C20H19ClN4O3/c1-27-17-6-4-3-5-13(17)10-24-20(26)16-11-23-19(12-22-16)25-14-7-8-18(28-2)15(21)9-14/h3-9,11-12H,10H2,1-2H3,(H,23,25)(H,24,26). The van der Waals surface area contributed by atoms with Crippen molar-refractivity contribution in [3.8, 4) is 11.5 Å². The lowest BCUT2D eigenvalue weighted by Crippen LogP contribution is -2.24. The van der Waals surface area contributed by atoms with E-state index in [1.165, 1.54) is 12.4 Å². The van der Waals surface area contributed by atoms with Gasteiger partial charge in [0.15, 0.2) is 0 Å². The van der Waals surface area contributed by atoms with Crippen LogP contribution in [0.4, 0.5) is 11.5 Å². The van der Waals surface area contributed by atoms with Crippen LogP contribution in [0.25, 0.3) is 0 Å². The first-order valence-corrected chi connectivity index (χ1v) is 8.81. The van der Waals surface area contributed by atoms with E-state index >= 15 is 0 Å². The summed E-state index contributed by atoms with van der Waals surface area (Å²) in [5.74, 6) is 1.46. The van der Waals surface area contributed by atoms with Crippen LogP contribution in [0.5, 0.6) is 11.5 Å². The van der Waals surface area contributed by atoms with Crippen LogP contribution in [0.1, 0.15) is 16.1 Å². The zero-order chi connectivity index (χ0) is 19.9. The predicted molar refractivity (Wildman–Crippen MR) is 107 cm³/mol. The minimum Gasteiger partial charge on any atom is -0.496 e. The van der Waals surface area contributed by atoms with E-state index in [2.05, 4.69) is 20.6 Å². The van der Waals surface area contributed by atoms with Gasteiger partial charge in [0.25, 0.3) is 5.91 Å². The second-order valence-corrected chi connectivity index (χ2v) is 6.16. The van der Waals surface area contributed by atoms with E-state index in [4.69, 9.17) is 21.1 Å². The van der Waals surface area contributed by atoms with Crippen LogP contribution in [0.3, 0.4) is 0 Å². The van der Waals surface area contributed by atoms with Crippen molar-refractivity contribution in [3.63, 3.8) is 0 Å². The highest BCUT2D eigenvalue weighted by Crippen LogP contribution is 2.28. The minimum atomic E-state index is -0.322. The molecule has 0 atom stereocenters. The van der Waals surface area contributed by atoms with Crippen LogP contribution in [0, 0.1) is 0 Å². The number of ether oxygens (including phenoxy) is 2. The number of halogens is 1. The SMILES string of the molecule is COc1ccc(Nc2cnc(C(=O)NCc3ccccc3OC)cn2)cc1Cl. The van der Waals surface area contributed by atoms with Gasteiger partial charge in [-0.15, -0.1) is 0 Å². The third-order valence-electron chi connectivity index (χ3n) is 3.94. The van der Waals surface area contributed by atoms with Crippen LogP contribution in [0.2, 0.25) is 5.02 Å². The molecule has 8 heteroatoms. The maximum Gasteiger partial charge on any atom is 0.271 e. The molecule has 1 amide bonds. The van der Waals surface area contributed by atoms with Gasteiger partial charge >= 0.3 is 0 Å². The molecule has 2 N–H and O–H groups in total. The smallest absolute Gasteiger partial charge is 0.271 e. The number of nitrogens with zero attached hydrogens (tertiary/aromatic N) is 2. The fraction of sp³-hybridized carbons (Fsp3) is 0.150. The third kappa shape index (κ3) is 4.69. The maximum absolute atomic E-state index is 12.3. The molecule has 0 unspecified atom stereocenters. The Labute approximate surface area is 167 Å². The Morgan fingerprint density at radius 1 is 1.04 bits per heavy atom. The number of carbonyl (C=O) groups excluding carboxylic acids is 1. The molecule has 28 heavy (non-hydrogen) atoms. The molecule has 0 saturated heterocycles. The summed E-state index contributed by atoms with van der Waals surface area (Å²) in [6, 6.07) is 12.8. The number of hydrogen-bond acceptors (Lipinski definition) is 6. The molecule has 0 aliphatic carbocycles. The van der Waals surface area contributed by atoms with Gasteiger partial charge in [-0.3, -0.25) is 4.79 Å². The second kappa shape index (κ2) is 9.05. The summed E-state index contributed by atoms with van der Waals surface area (Å²) in [5.41, 5.74) is 1.82. The fourth-order valence-electron chi connectivity index (χ4n) is 2.52. The number of rotatable bonds is 7. The third-order valence-corrected chi connectivity index (χ3v) is 4.24. The van der Waals surface area contributed by atoms with Gasteiger partial charge in [0, 0.05) is 17.8 Å². The molecule has 7 nitrogen and oxygen atoms in total. The fourth-order valence-corrected chi connectivity index (χ4v) is 2.77. The predicted octanol–water partition coefficient (Wildman–Crippen LogP) is 3.82. The Bertz CT molecular complexity index is 964. The first kappa shape index (κ1) is 19.4. The van der Waals surface area contributed by atoms with E-state index < -0.39 is 0 Å². The van der Waals surface area contributed by atoms with Crippen molar-refractivity contribution in [2.75, 3.05) is 19.5 Å². The summed E-state index contributed by atoms with van der Waals surface area (Å²) < 4.78 is 10.4. The average Bonchev–Trinajstić information content (AvgIpc) is 2.73. The molecule has 0 spiro atoms. The van der Waals surface area contributed by atoms with Crippen LogP contribution < -0.4 is 20.1 Å². The summed E-state index contributed by atoms with van der Waals surface area (Å²) >= 11 is 6.11. The molecule has 2 aromatic carbocycles. The zero-order valence-corrected chi connectivity index (χ0v) is 16.2. The largest absolute Gasteiger partial charge is 0.496 e. The van der Waals surface area contributed by atoms with Gasteiger partial charge in [0.2, 0.25) is 0 Å². The lowest BCUT2D eigenvalue weighted by molar-refractivity contribution is 0.0945. The van der Waals surface area contributed by atoms with Crippen molar-refractivity contribution in [2.45, 2.75) is 6.54 Å². The monoisotopic (exact) mass is 398 g/mol. The van der Waals surface area contributed by atoms with Gasteiger partial charge in [0.1, 0.15) is 23.0 Å². The molecule has 0 bridgehead atoms. The van der Waals surface area contributed by atoms with Crippen molar-refractivity contribution in [1.82, 2.24) is 15.3 Å². The number of para-hydroxylation sites is 1. The van der Waals surface area contributed by atoms with Gasteiger partial charge in [-0.1, -0.05) is 29.8 Å². The van der Waals surface area contributed by atoms with Gasteiger partial charge in [-0.25, -0.2) is 9.97 Å². The number of anilines is 2. The van der Waals surface area contributed by atoms with E-state index in [1.807, 2.05) is 24.3 Å². The van der Waals surface area contributed by atoms with E-state index in [-0.39, 0.29) is 11.6 Å². The molecule has 0 fully saturated rings. The molecule has 3 rings (SSSR count). The van der Waals surface area contributed by atoms with Crippen molar-refractivity contribution >= 4 is 29.0 Å². The molecule has 0 aliphatic heterocycles. The lowest BCUT2D eigenvalue weighted by atomic mass is 10.2. The molecule has 0 aliphatic rings. The summed E-state index contributed by atoms with van der Waals surface area (Å²) in [5, 5.41) is 6.36. The molecule has 1 aromatic heterocycles. The quantitative estimate of drug-likeness (QED) is 0.629.